The lowest BCUT2D eigenvalue weighted by molar-refractivity contribution is 0.0600. The Bertz CT molecular complexity index is 986. The molecule has 148 valence electrons. The Labute approximate surface area is 168 Å². The van der Waals surface area contributed by atoms with Crippen molar-refractivity contribution in [2.75, 3.05) is 19.5 Å². The molecule has 0 aliphatic rings. The number of esters is 1. The molecule has 0 bridgehead atoms. The van der Waals surface area contributed by atoms with Gasteiger partial charge < -0.3 is 20.1 Å². The number of ether oxygens (including phenoxy) is 2. The van der Waals surface area contributed by atoms with E-state index >= 15 is 0 Å². The summed E-state index contributed by atoms with van der Waals surface area (Å²) < 4.78 is 9.96. The fourth-order valence-electron chi connectivity index (χ4n) is 2.68. The third-order valence-corrected chi connectivity index (χ3v) is 4.24. The van der Waals surface area contributed by atoms with Gasteiger partial charge in [0.25, 0.3) is 5.91 Å². The molecule has 7 heteroatoms. The van der Waals surface area contributed by atoms with Crippen molar-refractivity contribution in [1.29, 1.82) is 0 Å². The van der Waals surface area contributed by atoms with E-state index in [0.717, 1.165) is 17.0 Å². The standard InChI is InChI=1S/C22H21N3O4/c1-28-19-6-4-3-5-16(19)13-24-21(26)17-9-12-20(23-14-17)25-18-10-7-15(8-11-18)22(27)29-2/h3-12,14H,13H2,1-2H3,(H,23,25)(H,24,26). The summed E-state index contributed by atoms with van der Waals surface area (Å²) in [4.78, 5) is 28.1. The van der Waals surface area contributed by atoms with Crippen LogP contribution in [0.5, 0.6) is 5.75 Å². The fourth-order valence-corrected chi connectivity index (χ4v) is 2.68. The first-order valence-corrected chi connectivity index (χ1v) is 8.92. The Morgan fingerprint density at radius 2 is 1.66 bits per heavy atom. The van der Waals surface area contributed by atoms with E-state index in [9.17, 15) is 9.59 Å². The third-order valence-electron chi connectivity index (χ3n) is 4.24. The summed E-state index contributed by atoms with van der Waals surface area (Å²) in [5.41, 5.74) is 2.57. The van der Waals surface area contributed by atoms with Gasteiger partial charge in [-0.2, -0.15) is 0 Å². The Balaban J connectivity index is 1.59. The highest BCUT2D eigenvalue weighted by Gasteiger charge is 2.09. The molecule has 0 spiro atoms. The lowest BCUT2D eigenvalue weighted by atomic mass is 10.2. The SMILES string of the molecule is COC(=O)c1ccc(Nc2ccc(C(=O)NCc3ccccc3OC)cn2)cc1. The van der Waals surface area contributed by atoms with Crippen LogP contribution in [0.4, 0.5) is 11.5 Å². The maximum Gasteiger partial charge on any atom is 0.337 e. The largest absolute Gasteiger partial charge is 0.496 e. The summed E-state index contributed by atoms with van der Waals surface area (Å²) in [5, 5.41) is 5.97. The summed E-state index contributed by atoms with van der Waals surface area (Å²) in [5.74, 6) is 0.691. The number of hydrogen-bond donors (Lipinski definition) is 2. The summed E-state index contributed by atoms with van der Waals surface area (Å²) >= 11 is 0. The van der Waals surface area contributed by atoms with Gasteiger partial charge in [0.2, 0.25) is 0 Å². The first kappa shape index (κ1) is 19.9. The first-order valence-electron chi connectivity index (χ1n) is 8.92. The second-order valence-corrected chi connectivity index (χ2v) is 6.12. The van der Waals surface area contributed by atoms with Gasteiger partial charge in [-0.1, -0.05) is 18.2 Å². The van der Waals surface area contributed by atoms with Crippen molar-refractivity contribution >= 4 is 23.4 Å². The second-order valence-electron chi connectivity index (χ2n) is 6.12. The molecule has 7 nitrogen and oxygen atoms in total. The molecule has 0 unspecified atom stereocenters. The van der Waals surface area contributed by atoms with Gasteiger partial charge in [0.1, 0.15) is 11.6 Å². The van der Waals surface area contributed by atoms with Crippen molar-refractivity contribution in [2.45, 2.75) is 6.54 Å². The summed E-state index contributed by atoms with van der Waals surface area (Å²) in [6.45, 7) is 0.357. The normalized spacial score (nSPS) is 10.1. The van der Waals surface area contributed by atoms with E-state index in [4.69, 9.17) is 4.74 Å². The molecule has 3 rings (SSSR count). The van der Waals surface area contributed by atoms with Crippen LogP contribution in [-0.4, -0.2) is 31.1 Å². The Kier molecular flexibility index (Phi) is 6.42. The van der Waals surface area contributed by atoms with Crippen LogP contribution in [-0.2, 0) is 11.3 Å². The molecule has 29 heavy (non-hydrogen) atoms. The zero-order chi connectivity index (χ0) is 20.6. The quantitative estimate of drug-likeness (QED) is 0.599. The van der Waals surface area contributed by atoms with E-state index < -0.39 is 5.97 Å². The highest BCUT2D eigenvalue weighted by molar-refractivity contribution is 5.94. The number of nitrogens with one attached hydrogen (secondary N) is 2. The minimum atomic E-state index is -0.391. The number of benzene rings is 2. The summed E-state index contributed by atoms with van der Waals surface area (Å²) in [6, 6.07) is 17.7. The maximum absolute atomic E-state index is 12.4. The van der Waals surface area contributed by atoms with Gasteiger partial charge in [-0.05, 0) is 42.5 Å². The zero-order valence-corrected chi connectivity index (χ0v) is 16.1. The number of anilines is 2. The molecule has 2 aromatic carbocycles. The predicted octanol–water partition coefficient (Wildman–Crippen LogP) is 3.55. The molecule has 1 amide bonds. The second kappa shape index (κ2) is 9.36. The van der Waals surface area contributed by atoms with E-state index in [0.29, 0.717) is 23.5 Å². The lowest BCUT2D eigenvalue weighted by Crippen LogP contribution is -2.23. The van der Waals surface area contributed by atoms with Crippen LogP contribution in [0.15, 0.2) is 66.9 Å². The molecule has 0 aliphatic carbocycles. The number of para-hydroxylation sites is 1. The van der Waals surface area contributed by atoms with E-state index in [1.165, 1.54) is 13.3 Å². The van der Waals surface area contributed by atoms with Crippen molar-refractivity contribution in [1.82, 2.24) is 10.3 Å². The smallest absolute Gasteiger partial charge is 0.337 e. The molecule has 0 saturated heterocycles. The highest BCUT2D eigenvalue weighted by atomic mass is 16.5. The number of carbonyl (C=O) groups is 2. The highest BCUT2D eigenvalue weighted by Crippen LogP contribution is 2.18. The number of rotatable bonds is 7. The molecule has 0 saturated carbocycles. The Morgan fingerprint density at radius 3 is 2.31 bits per heavy atom. The number of amides is 1. The molecule has 1 aromatic heterocycles. The van der Waals surface area contributed by atoms with Gasteiger partial charge in [0.05, 0.1) is 25.3 Å². The fraction of sp³-hybridized carbons (Fsp3) is 0.136. The van der Waals surface area contributed by atoms with Crippen molar-refractivity contribution in [2.24, 2.45) is 0 Å². The topological polar surface area (TPSA) is 89.5 Å². The van der Waals surface area contributed by atoms with Crippen LogP contribution in [0.2, 0.25) is 0 Å². The van der Waals surface area contributed by atoms with E-state index in [2.05, 4.69) is 20.4 Å². The average molecular weight is 391 g/mol. The molecule has 2 N–H and O–H groups in total. The molecule has 1 heterocycles. The van der Waals surface area contributed by atoms with E-state index in [1.807, 2.05) is 24.3 Å². The van der Waals surface area contributed by atoms with Crippen LogP contribution >= 0.6 is 0 Å². The van der Waals surface area contributed by atoms with Crippen LogP contribution in [0, 0.1) is 0 Å². The number of aromatic nitrogens is 1. The van der Waals surface area contributed by atoms with Crippen LogP contribution in [0.25, 0.3) is 0 Å². The van der Waals surface area contributed by atoms with Crippen molar-refractivity contribution in [3.8, 4) is 5.75 Å². The Hall–Kier alpha value is -3.87. The number of nitrogens with zero attached hydrogens (tertiary/aromatic N) is 1. The van der Waals surface area contributed by atoms with Gasteiger partial charge in [0, 0.05) is 24.0 Å². The van der Waals surface area contributed by atoms with Gasteiger partial charge >= 0.3 is 5.97 Å². The number of methoxy groups -OCH3 is 2. The molecular weight excluding hydrogens is 370 g/mol. The van der Waals surface area contributed by atoms with Crippen LogP contribution < -0.4 is 15.4 Å². The Morgan fingerprint density at radius 1 is 0.931 bits per heavy atom. The van der Waals surface area contributed by atoms with Gasteiger partial charge in [-0.25, -0.2) is 9.78 Å². The summed E-state index contributed by atoms with van der Waals surface area (Å²) in [7, 11) is 2.94. The van der Waals surface area contributed by atoms with Crippen molar-refractivity contribution < 1.29 is 19.1 Å². The van der Waals surface area contributed by atoms with Gasteiger partial charge in [-0.15, -0.1) is 0 Å². The van der Waals surface area contributed by atoms with Crippen molar-refractivity contribution in [3.63, 3.8) is 0 Å². The maximum atomic E-state index is 12.4. The van der Waals surface area contributed by atoms with E-state index in [-0.39, 0.29) is 5.91 Å². The van der Waals surface area contributed by atoms with Gasteiger partial charge in [-0.3, -0.25) is 4.79 Å². The number of hydrogen-bond acceptors (Lipinski definition) is 6. The molecule has 3 aromatic rings. The molecule has 0 aliphatic heterocycles. The van der Waals surface area contributed by atoms with Crippen molar-refractivity contribution in [3.05, 3.63) is 83.6 Å². The molecule has 0 radical (unpaired) electrons. The van der Waals surface area contributed by atoms with E-state index in [1.54, 1.807) is 43.5 Å². The third kappa shape index (κ3) is 5.10. The number of carbonyl (C=O) groups excluding carboxylic acids is 2. The lowest BCUT2D eigenvalue weighted by Gasteiger charge is -2.10. The number of pyridine rings is 1. The molecular formula is C22H21N3O4. The molecule has 0 fully saturated rings. The van der Waals surface area contributed by atoms with Gasteiger partial charge in [0.15, 0.2) is 0 Å². The minimum Gasteiger partial charge on any atom is -0.496 e. The first-order chi connectivity index (χ1) is 14.1. The molecule has 0 atom stereocenters. The summed E-state index contributed by atoms with van der Waals surface area (Å²) in [6.07, 6.45) is 1.50. The average Bonchev–Trinajstić information content (AvgIpc) is 2.78. The van der Waals surface area contributed by atoms with Crippen LogP contribution in [0.3, 0.4) is 0 Å². The zero-order valence-electron chi connectivity index (χ0n) is 16.1. The predicted molar refractivity (Wildman–Crippen MR) is 109 cm³/mol. The monoisotopic (exact) mass is 391 g/mol. The minimum absolute atomic E-state index is 0.225. The van der Waals surface area contributed by atoms with Crippen LogP contribution in [0.1, 0.15) is 26.3 Å².